The van der Waals surface area contributed by atoms with Gasteiger partial charge >= 0.3 is 0 Å². The highest BCUT2D eigenvalue weighted by Gasteiger charge is 2.18. The number of aliphatic hydroxyl groups excluding tert-OH is 1. The summed E-state index contributed by atoms with van der Waals surface area (Å²) in [6.07, 6.45) is 3.37. The SMILES string of the molecule is CC(O)(CO)CNc1ccnc2cc(Br)cnc12. The third kappa shape index (κ3) is 2.95. The lowest BCUT2D eigenvalue weighted by molar-refractivity contribution is 0.0132. The summed E-state index contributed by atoms with van der Waals surface area (Å²) in [5.74, 6) is 0. The predicted molar refractivity (Wildman–Crippen MR) is 73.4 cm³/mol. The van der Waals surface area contributed by atoms with Crippen molar-refractivity contribution in [3.05, 3.63) is 29.0 Å². The maximum atomic E-state index is 9.74. The third-order valence-corrected chi connectivity index (χ3v) is 2.98. The first-order chi connectivity index (χ1) is 8.52. The molecule has 3 N–H and O–H groups in total. The Morgan fingerprint density at radius 3 is 2.94 bits per heavy atom. The van der Waals surface area contributed by atoms with E-state index >= 15 is 0 Å². The predicted octanol–water partition coefficient (Wildman–Crippen LogP) is 1.55. The number of pyridine rings is 2. The zero-order valence-electron chi connectivity index (χ0n) is 9.89. The van der Waals surface area contributed by atoms with Gasteiger partial charge in [-0.15, -0.1) is 0 Å². The van der Waals surface area contributed by atoms with Crippen LogP contribution in [-0.2, 0) is 0 Å². The molecule has 0 aliphatic rings. The van der Waals surface area contributed by atoms with E-state index in [-0.39, 0.29) is 13.2 Å². The van der Waals surface area contributed by atoms with Crippen LogP contribution in [0.25, 0.3) is 11.0 Å². The minimum Gasteiger partial charge on any atom is -0.393 e. The number of hydrogen-bond acceptors (Lipinski definition) is 5. The van der Waals surface area contributed by atoms with Gasteiger partial charge < -0.3 is 15.5 Å². The van der Waals surface area contributed by atoms with Crippen LogP contribution < -0.4 is 5.32 Å². The van der Waals surface area contributed by atoms with E-state index in [1.165, 1.54) is 0 Å². The molecule has 0 aliphatic heterocycles. The molecule has 18 heavy (non-hydrogen) atoms. The van der Waals surface area contributed by atoms with Gasteiger partial charge in [-0.2, -0.15) is 0 Å². The highest BCUT2D eigenvalue weighted by Crippen LogP contribution is 2.22. The van der Waals surface area contributed by atoms with Gasteiger partial charge in [0.2, 0.25) is 0 Å². The lowest BCUT2D eigenvalue weighted by atomic mass is 10.1. The molecular weight excluding hydrogens is 298 g/mol. The highest BCUT2D eigenvalue weighted by atomic mass is 79.9. The quantitative estimate of drug-likeness (QED) is 0.798. The maximum Gasteiger partial charge on any atom is 0.112 e. The van der Waals surface area contributed by atoms with Gasteiger partial charge in [-0.1, -0.05) is 0 Å². The molecule has 0 spiro atoms. The average molecular weight is 312 g/mol. The van der Waals surface area contributed by atoms with Crippen molar-refractivity contribution in [2.24, 2.45) is 0 Å². The van der Waals surface area contributed by atoms with E-state index in [1.807, 2.05) is 6.07 Å². The molecule has 96 valence electrons. The molecule has 2 aromatic heterocycles. The molecule has 2 heterocycles. The average Bonchev–Trinajstić information content (AvgIpc) is 2.36. The zero-order valence-corrected chi connectivity index (χ0v) is 11.5. The molecule has 0 radical (unpaired) electrons. The Morgan fingerprint density at radius 2 is 2.22 bits per heavy atom. The monoisotopic (exact) mass is 311 g/mol. The van der Waals surface area contributed by atoms with Crippen LogP contribution in [0.15, 0.2) is 29.0 Å². The zero-order chi connectivity index (χ0) is 13.2. The normalized spacial score (nSPS) is 14.4. The molecule has 0 bridgehead atoms. The molecule has 0 fully saturated rings. The molecule has 0 aliphatic carbocycles. The fraction of sp³-hybridized carbons (Fsp3) is 0.333. The number of aliphatic hydroxyl groups is 2. The minimum atomic E-state index is -1.16. The second kappa shape index (κ2) is 5.17. The van der Waals surface area contributed by atoms with E-state index in [9.17, 15) is 5.11 Å². The summed E-state index contributed by atoms with van der Waals surface area (Å²) >= 11 is 3.34. The van der Waals surface area contributed by atoms with Gasteiger partial charge in [-0.3, -0.25) is 9.97 Å². The second-order valence-corrected chi connectivity index (χ2v) is 5.30. The van der Waals surface area contributed by atoms with E-state index < -0.39 is 5.60 Å². The van der Waals surface area contributed by atoms with E-state index in [2.05, 4.69) is 31.2 Å². The Balaban J connectivity index is 2.29. The van der Waals surface area contributed by atoms with E-state index in [0.717, 1.165) is 21.2 Å². The smallest absolute Gasteiger partial charge is 0.112 e. The molecule has 0 saturated carbocycles. The topological polar surface area (TPSA) is 78.3 Å². The molecule has 5 nitrogen and oxygen atoms in total. The number of rotatable bonds is 4. The van der Waals surface area contributed by atoms with Gasteiger partial charge in [0.25, 0.3) is 0 Å². The first kappa shape index (κ1) is 13.2. The van der Waals surface area contributed by atoms with Gasteiger partial charge in [0.15, 0.2) is 0 Å². The Morgan fingerprint density at radius 1 is 1.44 bits per heavy atom. The summed E-state index contributed by atoms with van der Waals surface area (Å²) in [6, 6.07) is 3.66. The fourth-order valence-corrected chi connectivity index (χ4v) is 1.81. The van der Waals surface area contributed by atoms with Crippen molar-refractivity contribution in [3.63, 3.8) is 0 Å². The van der Waals surface area contributed by atoms with Crippen LogP contribution in [0.3, 0.4) is 0 Å². The van der Waals surface area contributed by atoms with Crippen LogP contribution in [0.1, 0.15) is 6.92 Å². The summed E-state index contributed by atoms with van der Waals surface area (Å²) < 4.78 is 0.863. The van der Waals surface area contributed by atoms with Crippen LogP contribution in [0, 0.1) is 0 Å². The number of nitrogens with one attached hydrogen (secondary N) is 1. The van der Waals surface area contributed by atoms with Crippen molar-refractivity contribution in [2.75, 3.05) is 18.5 Å². The lowest BCUT2D eigenvalue weighted by Crippen LogP contribution is -2.37. The number of halogens is 1. The van der Waals surface area contributed by atoms with Crippen LogP contribution in [0.2, 0.25) is 0 Å². The third-order valence-electron chi connectivity index (χ3n) is 2.54. The van der Waals surface area contributed by atoms with Crippen LogP contribution in [-0.4, -0.2) is 38.9 Å². The molecule has 0 aromatic carbocycles. The Hall–Kier alpha value is -1.24. The van der Waals surface area contributed by atoms with Crippen molar-refractivity contribution < 1.29 is 10.2 Å². The van der Waals surface area contributed by atoms with Crippen molar-refractivity contribution >= 4 is 32.7 Å². The molecular formula is C12H14BrN3O2. The fourth-order valence-electron chi connectivity index (χ4n) is 1.49. The summed E-state index contributed by atoms with van der Waals surface area (Å²) in [5.41, 5.74) is 1.11. The molecule has 2 aromatic rings. The Bertz CT molecular complexity index is 560. The van der Waals surface area contributed by atoms with Gasteiger partial charge in [-0.25, -0.2) is 0 Å². The Labute approximate surface area is 113 Å². The summed E-state index contributed by atoms with van der Waals surface area (Å²) in [7, 11) is 0. The number of anilines is 1. The molecule has 6 heteroatoms. The van der Waals surface area contributed by atoms with E-state index in [1.54, 1.807) is 25.4 Å². The van der Waals surface area contributed by atoms with Crippen molar-refractivity contribution in [1.82, 2.24) is 9.97 Å². The van der Waals surface area contributed by atoms with Crippen molar-refractivity contribution in [2.45, 2.75) is 12.5 Å². The standard InChI is InChI=1S/C12H14BrN3O2/c1-12(18,7-17)6-16-9-2-3-14-10-4-8(13)5-15-11(9)10/h2-5,17-18H,6-7H2,1H3,(H,14,16). The number of aromatic nitrogens is 2. The number of nitrogens with zero attached hydrogens (tertiary/aromatic N) is 2. The van der Waals surface area contributed by atoms with Gasteiger partial charge in [0.1, 0.15) is 11.1 Å². The number of fused-ring (bicyclic) bond motifs is 1. The van der Waals surface area contributed by atoms with Crippen molar-refractivity contribution in [3.8, 4) is 0 Å². The highest BCUT2D eigenvalue weighted by molar-refractivity contribution is 9.10. The van der Waals surface area contributed by atoms with Crippen LogP contribution >= 0.6 is 15.9 Å². The summed E-state index contributed by atoms with van der Waals surface area (Å²) in [5, 5.41) is 21.8. The maximum absolute atomic E-state index is 9.74. The van der Waals surface area contributed by atoms with Gasteiger partial charge in [0, 0.05) is 23.4 Å². The van der Waals surface area contributed by atoms with Gasteiger partial charge in [-0.05, 0) is 35.0 Å². The van der Waals surface area contributed by atoms with Crippen LogP contribution in [0.4, 0.5) is 5.69 Å². The summed E-state index contributed by atoms with van der Waals surface area (Å²) in [4.78, 5) is 8.51. The van der Waals surface area contributed by atoms with Gasteiger partial charge in [0.05, 0.1) is 17.8 Å². The van der Waals surface area contributed by atoms with E-state index in [0.29, 0.717) is 0 Å². The first-order valence-corrected chi connectivity index (χ1v) is 6.28. The summed E-state index contributed by atoms with van der Waals surface area (Å²) in [6.45, 7) is 1.50. The Kier molecular flexibility index (Phi) is 3.79. The van der Waals surface area contributed by atoms with Crippen LogP contribution in [0.5, 0.6) is 0 Å². The molecule has 1 unspecified atom stereocenters. The largest absolute Gasteiger partial charge is 0.393 e. The number of hydrogen-bond donors (Lipinski definition) is 3. The minimum absolute atomic E-state index is 0.236. The lowest BCUT2D eigenvalue weighted by Gasteiger charge is -2.21. The molecule has 0 amide bonds. The first-order valence-electron chi connectivity index (χ1n) is 5.49. The van der Waals surface area contributed by atoms with E-state index in [4.69, 9.17) is 5.11 Å². The molecule has 2 rings (SSSR count). The molecule has 1 atom stereocenters. The molecule has 0 saturated heterocycles. The second-order valence-electron chi connectivity index (χ2n) is 4.39. The van der Waals surface area contributed by atoms with Crippen molar-refractivity contribution in [1.29, 1.82) is 0 Å².